The van der Waals surface area contributed by atoms with Gasteiger partial charge in [0.1, 0.15) is 23.0 Å². The lowest BCUT2D eigenvalue weighted by Gasteiger charge is -2.50. The van der Waals surface area contributed by atoms with Crippen LogP contribution in [0.1, 0.15) is 0 Å². The van der Waals surface area contributed by atoms with Crippen LogP contribution in [0.4, 0.5) is 0 Å². The molecule has 2 aliphatic rings. The molecular weight excluding hydrogens is 456 g/mol. The summed E-state index contributed by atoms with van der Waals surface area (Å²) in [5, 5.41) is 14.2. The van der Waals surface area contributed by atoms with Crippen LogP contribution in [0.3, 0.4) is 0 Å². The van der Waals surface area contributed by atoms with Crippen molar-refractivity contribution in [2.45, 2.75) is 36.2 Å². The normalized spacial score (nSPS) is 21.6. The van der Waals surface area contributed by atoms with Crippen molar-refractivity contribution in [1.82, 2.24) is 30.4 Å². The van der Waals surface area contributed by atoms with Crippen LogP contribution in [0, 0.1) is 0 Å². The highest BCUT2D eigenvalue weighted by Crippen LogP contribution is 2.42. The van der Waals surface area contributed by atoms with Crippen LogP contribution in [0.15, 0.2) is 16.4 Å². The van der Waals surface area contributed by atoms with Crippen LogP contribution in [0.5, 0.6) is 0 Å². The smallest absolute Gasteiger partial charge is 0.341 e. The third-order valence-electron chi connectivity index (χ3n) is 4.03. The van der Waals surface area contributed by atoms with Gasteiger partial charge in [-0.3, -0.25) is 14.5 Å². The van der Waals surface area contributed by atoms with Gasteiger partial charge in [-0.1, -0.05) is 11.8 Å². The minimum atomic E-state index is -2.18. The number of carbonyl (C=O) groups excluding carboxylic acids is 3. The van der Waals surface area contributed by atoms with E-state index in [2.05, 4.69) is 20.8 Å². The molecule has 0 radical (unpaired) electrons. The molecule has 2 atom stereocenters. The number of amides is 2. The molecule has 0 saturated carbocycles. The number of fused-ring (bicyclic) bond motifs is 1. The fourth-order valence-corrected chi connectivity index (χ4v) is 5.88. The second kappa shape index (κ2) is 8.66. The van der Waals surface area contributed by atoms with Gasteiger partial charge in [0.2, 0.25) is 19.4 Å². The fourth-order valence-electron chi connectivity index (χ4n) is 2.82. The van der Waals surface area contributed by atoms with Crippen molar-refractivity contribution in [2.75, 3.05) is 17.4 Å². The Bertz CT molecular complexity index is 873. The Morgan fingerprint density at radius 3 is 2.72 bits per heavy atom. The van der Waals surface area contributed by atoms with E-state index in [1.54, 1.807) is 7.05 Å². The van der Waals surface area contributed by atoms with Gasteiger partial charge in [-0.2, -0.15) is 0 Å². The number of aromatic nitrogens is 4. The Morgan fingerprint density at radius 2 is 2.14 bits per heavy atom. The Labute approximate surface area is 182 Å². The number of nitrogens with one attached hydrogen (secondary N) is 1. The largest absolute Gasteiger partial charge is 0.515 e. The molecule has 1 N–H and O–H groups in total. The van der Waals surface area contributed by atoms with Crippen molar-refractivity contribution in [2.24, 2.45) is 7.05 Å². The fraction of sp³-hybridized carbons (Fsp3) is 0.600. The summed E-state index contributed by atoms with van der Waals surface area (Å²) >= 11 is 8.40. The highest BCUT2D eigenvalue weighted by molar-refractivity contribution is 8.01. The molecule has 3 heterocycles. The number of β-lactam (4-membered cyclic amide) rings is 1. The van der Waals surface area contributed by atoms with Crippen molar-refractivity contribution >= 4 is 61.2 Å². The molecule has 2 aliphatic heterocycles. The van der Waals surface area contributed by atoms with E-state index in [-0.39, 0.29) is 22.9 Å². The number of alkyl halides is 1. The van der Waals surface area contributed by atoms with E-state index in [0.29, 0.717) is 16.7 Å². The first-order valence-corrected chi connectivity index (χ1v) is 14.7. The summed E-state index contributed by atoms with van der Waals surface area (Å²) in [5.41, 5.74) is 1.04. The summed E-state index contributed by atoms with van der Waals surface area (Å²) in [6.07, 6.45) is 0. The number of thioether (sulfide) groups is 2. The first-order valence-electron chi connectivity index (χ1n) is 8.73. The van der Waals surface area contributed by atoms with Crippen LogP contribution < -0.4 is 5.32 Å². The molecular formula is C15H21ClN6O4S2Si. The molecule has 0 bridgehead atoms. The van der Waals surface area contributed by atoms with Gasteiger partial charge in [-0.05, 0) is 35.6 Å². The number of tetrazole rings is 1. The Morgan fingerprint density at radius 1 is 1.41 bits per heavy atom. The van der Waals surface area contributed by atoms with Gasteiger partial charge in [-0.15, -0.1) is 28.5 Å². The average Bonchev–Trinajstić information content (AvgIpc) is 3.06. The van der Waals surface area contributed by atoms with E-state index < -0.39 is 26.2 Å². The highest BCUT2D eigenvalue weighted by Gasteiger charge is 2.54. The summed E-state index contributed by atoms with van der Waals surface area (Å²) in [4.78, 5) is 38.8. The second-order valence-corrected chi connectivity index (χ2v) is 14.2. The van der Waals surface area contributed by atoms with E-state index >= 15 is 0 Å². The van der Waals surface area contributed by atoms with Crippen molar-refractivity contribution in [3.63, 3.8) is 0 Å². The van der Waals surface area contributed by atoms with Gasteiger partial charge >= 0.3 is 5.97 Å². The molecule has 1 aromatic rings. The number of aryl methyl sites for hydroxylation is 1. The summed E-state index contributed by atoms with van der Waals surface area (Å²) in [6, 6.07) is -0.696. The third-order valence-corrected chi connectivity index (χ3v) is 7.51. The maximum atomic E-state index is 13.0. The van der Waals surface area contributed by atoms with Gasteiger partial charge in [-0.25, -0.2) is 9.48 Å². The van der Waals surface area contributed by atoms with Gasteiger partial charge in [0.05, 0.1) is 0 Å². The number of carbonyl (C=O) groups is 3. The zero-order valence-electron chi connectivity index (χ0n) is 16.3. The predicted molar refractivity (Wildman–Crippen MR) is 112 cm³/mol. The summed E-state index contributed by atoms with van der Waals surface area (Å²) in [5.74, 6) is -0.531. The quantitative estimate of drug-likeness (QED) is 0.260. The van der Waals surface area contributed by atoms with Crippen LogP contribution in [0.25, 0.3) is 0 Å². The highest BCUT2D eigenvalue weighted by atomic mass is 35.5. The minimum Gasteiger partial charge on any atom is -0.515 e. The number of nitrogens with zero attached hydrogens (tertiary/aromatic N) is 5. The standard InChI is InChI=1S/C15H21ClN6O4S2Si/c1-21-15(18-19-20-21)28-7-8-6-27-13-10(17-9(23)5-16)12(24)22(13)11(8)14(25)26-29(2,3)4/h10,13H,5-7H2,1-4H3,(H,17,23)/t10?,13-/m1/s1. The Balaban J connectivity index is 1.85. The maximum Gasteiger partial charge on any atom is 0.341 e. The van der Waals surface area contributed by atoms with Crippen molar-refractivity contribution in [1.29, 1.82) is 0 Å². The lowest BCUT2D eigenvalue weighted by molar-refractivity contribution is -0.150. The maximum absolute atomic E-state index is 13.0. The van der Waals surface area contributed by atoms with E-state index in [9.17, 15) is 14.4 Å². The van der Waals surface area contributed by atoms with Gasteiger partial charge in [0.25, 0.3) is 5.91 Å². The molecule has 3 rings (SSSR count). The van der Waals surface area contributed by atoms with E-state index in [0.717, 1.165) is 5.57 Å². The lowest BCUT2D eigenvalue weighted by Crippen LogP contribution is -2.71. The monoisotopic (exact) mass is 476 g/mol. The van der Waals surface area contributed by atoms with Crippen molar-refractivity contribution < 1.29 is 18.8 Å². The van der Waals surface area contributed by atoms with Crippen molar-refractivity contribution in [3.8, 4) is 0 Å². The zero-order valence-corrected chi connectivity index (χ0v) is 19.7. The van der Waals surface area contributed by atoms with E-state index in [1.807, 2.05) is 19.6 Å². The molecule has 1 aromatic heterocycles. The molecule has 1 fully saturated rings. The Kier molecular flexibility index (Phi) is 6.60. The van der Waals surface area contributed by atoms with Crippen LogP contribution >= 0.6 is 35.1 Å². The average molecular weight is 477 g/mol. The molecule has 1 unspecified atom stereocenters. The molecule has 0 spiro atoms. The molecule has 1 saturated heterocycles. The molecule has 10 nitrogen and oxygen atoms in total. The van der Waals surface area contributed by atoms with Crippen LogP contribution in [0.2, 0.25) is 19.6 Å². The Hall–Kier alpha value is -1.57. The number of hydrogen-bond donors (Lipinski definition) is 1. The predicted octanol–water partition coefficient (Wildman–Crippen LogP) is 0.573. The summed E-state index contributed by atoms with van der Waals surface area (Å²) in [6.45, 7) is 5.71. The number of rotatable bonds is 7. The third kappa shape index (κ3) is 4.78. The number of hydrogen-bond acceptors (Lipinski definition) is 9. The molecule has 29 heavy (non-hydrogen) atoms. The van der Waals surface area contributed by atoms with Crippen LogP contribution in [-0.4, -0.2) is 80.0 Å². The van der Waals surface area contributed by atoms with Gasteiger partial charge in [0.15, 0.2) is 0 Å². The van der Waals surface area contributed by atoms with Crippen LogP contribution in [-0.2, 0) is 25.9 Å². The number of halogens is 1. The first kappa shape index (κ1) is 22.1. The summed E-state index contributed by atoms with van der Waals surface area (Å²) < 4.78 is 7.22. The lowest BCUT2D eigenvalue weighted by atomic mass is 10.0. The topological polar surface area (TPSA) is 119 Å². The zero-order chi connectivity index (χ0) is 21.3. The second-order valence-electron chi connectivity index (χ2n) is 7.42. The molecule has 0 aliphatic carbocycles. The van der Waals surface area contributed by atoms with Crippen molar-refractivity contribution in [3.05, 3.63) is 11.3 Å². The van der Waals surface area contributed by atoms with E-state index in [1.165, 1.54) is 33.1 Å². The SMILES string of the molecule is Cn1nnnc1SCC1=C(C(=O)O[Si](C)(C)C)N2C(=O)C(NC(=O)CCl)[C@H]2SC1. The minimum absolute atomic E-state index is 0.227. The molecule has 0 aromatic carbocycles. The summed E-state index contributed by atoms with van der Waals surface area (Å²) in [7, 11) is -0.448. The van der Waals surface area contributed by atoms with E-state index in [4.69, 9.17) is 16.0 Å². The van der Waals surface area contributed by atoms with Gasteiger partial charge in [0, 0.05) is 18.6 Å². The molecule has 2 amide bonds. The first-order chi connectivity index (χ1) is 13.6. The van der Waals surface area contributed by atoms with Gasteiger partial charge < -0.3 is 9.74 Å². The molecule has 158 valence electrons. The molecule has 14 heteroatoms.